The third kappa shape index (κ3) is 4.52. The summed E-state index contributed by atoms with van der Waals surface area (Å²) in [4.78, 5) is 12.8. The quantitative estimate of drug-likeness (QED) is 0.631. The average Bonchev–Trinajstić information content (AvgIpc) is 2.75. The van der Waals surface area contributed by atoms with Gasteiger partial charge >= 0.3 is 6.18 Å². The first kappa shape index (κ1) is 22.0. The number of piperazine rings is 1. The van der Waals surface area contributed by atoms with Crippen molar-refractivity contribution in [3.63, 3.8) is 0 Å². The van der Waals surface area contributed by atoms with Gasteiger partial charge in [-0.3, -0.25) is 0 Å². The number of rotatable bonds is 4. The molecule has 0 bridgehead atoms. The van der Waals surface area contributed by atoms with Crippen molar-refractivity contribution in [2.45, 2.75) is 26.1 Å². The molecule has 0 unspecified atom stereocenters. The van der Waals surface area contributed by atoms with E-state index >= 15 is 0 Å². The van der Waals surface area contributed by atoms with Gasteiger partial charge in [-0.25, -0.2) is 9.97 Å². The number of hydrogen-bond donors (Lipinski definition) is 2. The maximum atomic E-state index is 13.2. The maximum absolute atomic E-state index is 13.2. The summed E-state index contributed by atoms with van der Waals surface area (Å²) >= 11 is 0. The molecule has 1 saturated heterocycles. The highest BCUT2D eigenvalue weighted by Gasteiger charge is 2.33. The molecule has 1 fully saturated rings. The Hall–Kier alpha value is -3.21. The lowest BCUT2D eigenvalue weighted by molar-refractivity contribution is -0.141. The molecule has 0 aliphatic carbocycles. The Morgan fingerprint density at radius 1 is 1.06 bits per heavy atom. The summed E-state index contributed by atoms with van der Waals surface area (Å²) in [6.07, 6.45) is -2.81. The number of aryl methyl sites for hydroxylation is 1. The molecule has 32 heavy (non-hydrogen) atoms. The molecule has 11 heteroatoms. The SMILES string of the molecule is Cc1nnc(N[C@H](C)c2cc(N)cc(C(F)(F)F)n2)c2cc(N3CCN(C)CC3)ncc12. The van der Waals surface area contributed by atoms with Crippen LogP contribution in [0.1, 0.15) is 30.0 Å². The number of hydrogen-bond acceptors (Lipinski definition) is 8. The molecule has 4 rings (SSSR count). The second-order valence-electron chi connectivity index (χ2n) is 8.09. The second kappa shape index (κ2) is 8.38. The van der Waals surface area contributed by atoms with Crippen molar-refractivity contribution < 1.29 is 13.2 Å². The van der Waals surface area contributed by atoms with Crippen LogP contribution in [0.25, 0.3) is 10.8 Å². The van der Waals surface area contributed by atoms with Gasteiger partial charge < -0.3 is 20.9 Å². The monoisotopic (exact) mass is 446 g/mol. The van der Waals surface area contributed by atoms with Crippen molar-refractivity contribution in [2.24, 2.45) is 0 Å². The van der Waals surface area contributed by atoms with Gasteiger partial charge in [0.25, 0.3) is 0 Å². The number of nitrogens with zero attached hydrogens (tertiary/aromatic N) is 6. The van der Waals surface area contributed by atoms with Crippen molar-refractivity contribution >= 4 is 28.1 Å². The number of nitrogens with one attached hydrogen (secondary N) is 1. The lowest BCUT2D eigenvalue weighted by atomic mass is 10.1. The molecular weight excluding hydrogens is 421 g/mol. The average molecular weight is 446 g/mol. The van der Waals surface area contributed by atoms with Gasteiger partial charge in [-0.15, -0.1) is 5.10 Å². The molecule has 0 saturated carbocycles. The first-order valence-corrected chi connectivity index (χ1v) is 10.3. The zero-order valence-corrected chi connectivity index (χ0v) is 18.1. The van der Waals surface area contributed by atoms with E-state index in [4.69, 9.17) is 5.73 Å². The van der Waals surface area contributed by atoms with Crippen LogP contribution < -0.4 is 16.0 Å². The highest BCUT2D eigenvalue weighted by Crippen LogP contribution is 2.32. The third-order valence-corrected chi connectivity index (χ3v) is 5.62. The van der Waals surface area contributed by atoms with Gasteiger partial charge in [0.1, 0.15) is 11.5 Å². The van der Waals surface area contributed by atoms with Crippen molar-refractivity contribution in [1.82, 2.24) is 25.1 Å². The minimum absolute atomic E-state index is 0.00243. The minimum Gasteiger partial charge on any atom is -0.399 e. The van der Waals surface area contributed by atoms with E-state index in [1.165, 1.54) is 6.07 Å². The normalized spacial score (nSPS) is 16.4. The summed E-state index contributed by atoms with van der Waals surface area (Å²) in [5.41, 5.74) is 5.56. The summed E-state index contributed by atoms with van der Waals surface area (Å²) in [6.45, 7) is 7.15. The molecule has 0 aromatic carbocycles. The van der Waals surface area contributed by atoms with Crippen molar-refractivity contribution in [1.29, 1.82) is 0 Å². The number of nitrogens with two attached hydrogens (primary N) is 1. The van der Waals surface area contributed by atoms with E-state index in [-0.39, 0.29) is 11.4 Å². The van der Waals surface area contributed by atoms with Crippen LogP contribution in [0.15, 0.2) is 24.4 Å². The molecule has 8 nitrogen and oxygen atoms in total. The fourth-order valence-corrected chi connectivity index (χ4v) is 3.70. The van der Waals surface area contributed by atoms with Gasteiger partial charge in [0, 0.05) is 48.8 Å². The summed E-state index contributed by atoms with van der Waals surface area (Å²) in [7, 11) is 2.09. The fourth-order valence-electron chi connectivity index (χ4n) is 3.70. The number of nitrogen functional groups attached to an aromatic ring is 1. The molecule has 3 N–H and O–H groups in total. The molecule has 3 aromatic rings. The highest BCUT2D eigenvalue weighted by molar-refractivity contribution is 5.94. The maximum Gasteiger partial charge on any atom is 0.433 e. The minimum atomic E-state index is -4.58. The van der Waals surface area contributed by atoms with E-state index in [0.717, 1.165) is 54.5 Å². The van der Waals surface area contributed by atoms with Crippen molar-refractivity contribution in [2.75, 3.05) is 49.2 Å². The first-order valence-electron chi connectivity index (χ1n) is 10.3. The number of pyridine rings is 2. The molecular formula is C21H25F3N8. The Labute approximate surface area is 183 Å². The number of alkyl halides is 3. The molecule has 0 amide bonds. The molecule has 3 aromatic heterocycles. The van der Waals surface area contributed by atoms with E-state index in [1.54, 1.807) is 13.1 Å². The van der Waals surface area contributed by atoms with Gasteiger partial charge in [0.2, 0.25) is 0 Å². The van der Waals surface area contributed by atoms with Crippen LogP contribution in [0, 0.1) is 6.92 Å². The van der Waals surface area contributed by atoms with E-state index in [2.05, 4.69) is 42.3 Å². The number of aromatic nitrogens is 4. The lowest BCUT2D eigenvalue weighted by Gasteiger charge is -2.33. The van der Waals surface area contributed by atoms with Gasteiger partial charge in [0.15, 0.2) is 5.82 Å². The van der Waals surface area contributed by atoms with Gasteiger partial charge in [-0.1, -0.05) is 0 Å². The zero-order valence-electron chi connectivity index (χ0n) is 18.1. The Morgan fingerprint density at radius 2 is 1.78 bits per heavy atom. The zero-order chi connectivity index (χ0) is 23.0. The number of fused-ring (bicyclic) bond motifs is 1. The molecule has 0 radical (unpaired) electrons. The first-order chi connectivity index (χ1) is 15.1. The number of anilines is 3. The van der Waals surface area contributed by atoms with Crippen molar-refractivity contribution in [3.05, 3.63) is 41.5 Å². The standard InChI is InChI=1S/C21H25F3N8/c1-12-16-11-26-19(32-6-4-31(3)5-7-32)10-15(16)20(30-29-12)27-13(2)17-8-14(25)9-18(28-17)21(22,23)24/h8-11,13H,4-7H2,1-3H3,(H2,25,28)(H,27,30)/t13-/m1/s1. The Morgan fingerprint density at radius 3 is 2.47 bits per heavy atom. The van der Waals surface area contributed by atoms with Gasteiger partial charge in [-0.2, -0.15) is 18.3 Å². The molecule has 1 aliphatic rings. The molecule has 4 heterocycles. The van der Waals surface area contributed by atoms with Crippen LogP contribution >= 0.6 is 0 Å². The van der Waals surface area contributed by atoms with Crippen LogP contribution in [0.5, 0.6) is 0 Å². The van der Waals surface area contributed by atoms with E-state index in [9.17, 15) is 13.2 Å². The van der Waals surface area contributed by atoms with Gasteiger partial charge in [0.05, 0.1) is 17.4 Å². The molecule has 170 valence electrons. The summed E-state index contributed by atoms with van der Waals surface area (Å²) in [5, 5.41) is 13.2. The van der Waals surface area contributed by atoms with Gasteiger partial charge in [-0.05, 0) is 39.1 Å². The molecule has 1 aliphatic heterocycles. The Balaban J connectivity index is 1.67. The van der Waals surface area contributed by atoms with Crippen molar-refractivity contribution in [3.8, 4) is 0 Å². The third-order valence-electron chi connectivity index (χ3n) is 5.62. The second-order valence-corrected chi connectivity index (χ2v) is 8.09. The van der Waals surface area contributed by atoms with E-state index in [1.807, 2.05) is 13.0 Å². The predicted octanol–water partition coefficient (Wildman–Crippen LogP) is 3.25. The smallest absolute Gasteiger partial charge is 0.399 e. The van der Waals surface area contributed by atoms with Crippen LogP contribution in [0.3, 0.4) is 0 Å². The van der Waals surface area contributed by atoms with E-state index < -0.39 is 17.9 Å². The van der Waals surface area contributed by atoms with Crippen LogP contribution in [-0.4, -0.2) is 58.3 Å². The van der Waals surface area contributed by atoms with Crippen LogP contribution in [-0.2, 0) is 6.18 Å². The number of halogens is 3. The largest absolute Gasteiger partial charge is 0.433 e. The van der Waals surface area contributed by atoms with Crippen LogP contribution in [0.2, 0.25) is 0 Å². The lowest BCUT2D eigenvalue weighted by Crippen LogP contribution is -2.44. The summed E-state index contributed by atoms with van der Waals surface area (Å²) in [6, 6.07) is 3.62. The predicted molar refractivity (Wildman–Crippen MR) is 117 cm³/mol. The Bertz CT molecular complexity index is 1130. The summed E-state index contributed by atoms with van der Waals surface area (Å²) < 4.78 is 39.5. The highest BCUT2D eigenvalue weighted by atomic mass is 19.4. The Kier molecular flexibility index (Phi) is 5.76. The number of likely N-dealkylation sites (N-methyl/N-ethyl adjacent to an activating group) is 1. The molecule has 1 atom stereocenters. The topological polar surface area (TPSA) is 96.1 Å². The fraction of sp³-hybridized carbons (Fsp3) is 0.429. The van der Waals surface area contributed by atoms with Crippen LogP contribution in [0.4, 0.5) is 30.5 Å². The summed E-state index contributed by atoms with van der Waals surface area (Å²) in [5.74, 6) is 1.28. The van der Waals surface area contributed by atoms with E-state index in [0.29, 0.717) is 5.82 Å². The molecule has 0 spiro atoms.